The van der Waals surface area contributed by atoms with Gasteiger partial charge in [-0.1, -0.05) is 48.5 Å². The minimum Gasteiger partial charge on any atom is -0.293 e. The molecule has 0 bridgehead atoms. The molecule has 1 nitrogen and oxygen atoms in total. The Hall–Kier alpha value is -1.54. The van der Waals surface area contributed by atoms with Crippen LogP contribution in [0, 0.1) is 5.41 Å². The van der Waals surface area contributed by atoms with Crippen molar-refractivity contribution in [3.05, 3.63) is 60.2 Å². The maximum atomic E-state index is 7.80. The summed E-state index contributed by atoms with van der Waals surface area (Å²) in [4.78, 5) is 0. The van der Waals surface area contributed by atoms with E-state index in [1.54, 1.807) is 0 Å². The number of benzene rings is 2. The lowest BCUT2D eigenvalue weighted by atomic mass is 10.0. The molecule has 0 unspecified atom stereocenters. The first kappa shape index (κ1) is 11.0. The highest BCUT2D eigenvalue weighted by Gasteiger charge is 2.02. The van der Waals surface area contributed by atoms with Gasteiger partial charge in [0.15, 0.2) is 0 Å². The van der Waals surface area contributed by atoms with Crippen molar-refractivity contribution in [2.75, 3.05) is 6.26 Å². The maximum absolute atomic E-state index is 7.80. The largest absolute Gasteiger partial charge is 0.293 e. The summed E-state index contributed by atoms with van der Waals surface area (Å²) in [7, 11) is 0. The van der Waals surface area contributed by atoms with Gasteiger partial charge in [0, 0.05) is 5.56 Å². The molecule has 2 heteroatoms. The first-order chi connectivity index (χ1) is 7.81. The molecule has 0 aliphatic heterocycles. The highest BCUT2D eigenvalue weighted by atomic mass is 32.2. The minimum atomic E-state index is 0.609. The van der Waals surface area contributed by atoms with Crippen LogP contribution in [0.1, 0.15) is 5.56 Å². The Morgan fingerprint density at radius 1 is 0.938 bits per heavy atom. The van der Waals surface area contributed by atoms with Crippen LogP contribution in [0.4, 0.5) is 0 Å². The Morgan fingerprint density at radius 3 is 2.31 bits per heavy atom. The van der Waals surface area contributed by atoms with Gasteiger partial charge in [0.2, 0.25) is 0 Å². The maximum Gasteiger partial charge on any atom is 0.0939 e. The molecule has 0 amide bonds. The molecule has 1 N–H and O–H groups in total. The number of hydrogen-bond acceptors (Lipinski definition) is 2. The fraction of sp³-hybridized carbons (Fsp3) is 0.0714. The third-order valence-electron chi connectivity index (χ3n) is 2.44. The first-order valence-electron chi connectivity index (χ1n) is 5.09. The van der Waals surface area contributed by atoms with Crippen LogP contribution in [0.3, 0.4) is 0 Å². The lowest BCUT2D eigenvalue weighted by molar-refractivity contribution is 1.52. The smallest absolute Gasteiger partial charge is 0.0939 e. The Morgan fingerprint density at radius 2 is 1.62 bits per heavy atom. The highest BCUT2D eigenvalue weighted by Crippen LogP contribution is 2.21. The van der Waals surface area contributed by atoms with Gasteiger partial charge in [-0.25, -0.2) is 0 Å². The van der Waals surface area contributed by atoms with Crippen molar-refractivity contribution in [3.8, 4) is 11.1 Å². The van der Waals surface area contributed by atoms with Crippen molar-refractivity contribution in [1.82, 2.24) is 0 Å². The lowest BCUT2D eigenvalue weighted by Gasteiger charge is -2.05. The zero-order valence-corrected chi connectivity index (χ0v) is 9.92. The molecule has 2 rings (SSSR count). The van der Waals surface area contributed by atoms with Crippen molar-refractivity contribution in [1.29, 1.82) is 5.41 Å². The molecular weight excluding hydrogens is 214 g/mol. The third-order valence-corrected chi connectivity index (χ3v) is 3.08. The second-order valence-corrected chi connectivity index (χ2v) is 4.30. The number of hydrogen-bond donors (Lipinski definition) is 1. The van der Waals surface area contributed by atoms with Crippen LogP contribution in [-0.2, 0) is 0 Å². The van der Waals surface area contributed by atoms with E-state index in [4.69, 9.17) is 5.41 Å². The second kappa shape index (κ2) is 4.99. The standard InChI is InChI=1S/C14H13NS/c1-16-14(15)13-9-5-8-12(10-13)11-6-3-2-4-7-11/h2-10,15H,1H3. The zero-order valence-electron chi connectivity index (χ0n) is 9.10. The summed E-state index contributed by atoms with van der Waals surface area (Å²) in [5.41, 5.74) is 3.34. The third kappa shape index (κ3) is 2.34. The van der Waals surface area contributed by atoms with E-state index in [2.05, 4.69) is 24.3 Å². The summed E-state index contributed by atoms with van der Waals surface area (Å²) in [6.07, 6.45) is 1.93. The zero-order chi connectivity index (χ0) is 11.4. The van der Waals surface area contributed by atoms with Crippen molar-refractivity contribution in [2.24, 2.45) is 0 Å². The van der Waals surface area contributed by atoms with Crippen LogP contribution in [-0.4, -0.2) is 11.3 Å². The Labute approximate surface area is 100 Å². The number of thioether (sulfide) groups is 1. The van der Waals surface area contributed by atoms with E-state index in [0.29, 0.717) is 5.04 Å². The summed E-state index contributed by atoms with van der Waals surface area (Å²) in [6, 6.07) is 18.4. The molecule has 0 aliphatic carbocycles. The summed E-state index contributed by atoms with van der Waals surface area (Å²) in [5, 5.41) is 8.41. The highest BCUT2D eigenvalue weighted by molar-refractivity contribution is 8.13. The number of nitrogens with one attached hydrogen (secondary N) is 1. The molecule has 0 saturated heterocycles. The summed E-state index contributed by atoms with van der Waals surface area (Å²) in [6.45, 7) is 0. The average molecular weight is 227 g/mol. The molecule has 0 radical (unpaired) electrons. The van der Waals surface area contributed by atoms with Crippen molar-refractivity contribution >= 4 is 16.8 Å². The monoisotopic (exact) mass is 227 g/mol. The van der Waals surface area contributed by atoms with Gasteiger partial charge in [-0.05, 0) is 23.4 Å². The Bertz CT molecular complexity index is 491. The van der Waals surface area contributed by atoms with Crippen LogP contribution in [0.5, 0.6) is 0 Å². The van der Waals surface area contributed by atoms with Crippen molar-refractivity contribution < 1.29 is 0 Å². The van der Waals surface area contributed by atoms with E-state index in [-0.39, 0.29) is 0 Å². The summed E-state index contributed by atoms with van der Waals surface area (Å²) >= 11 is 1.47. The van der Waals surface area contributed by atoms with Gasteiger partial charge >= 0.3 is 0 Å². The van der Waals surface area contributed by atoms with Crippen LogP contribution in [0.25, 0.3) is 11.1 Å². The SMILES string of the molecule is CSC(=N)c1cccc(-c2ccccc2)c1. The fourth-order valence-electron chi connectivity index (χ4n) is 1.59. The molecule has 0 saturated carbocycles. The van der Waals surface area contributed by atoms with Crippen molar-refractivity contribution in [2.45, 2.75) is 0 Å². The fourth-order valence-corrected chi connectivity index (χ4v) is 1.95. The van der Waals surface area contributed by atoms with Crippen LogP contribution in [0.2, 0.25) is 0 Å². The number of rotatable bonds is 2. The topological polar surface area (TPSA) is 23.9 Å². The van der Waals surface area contributed by atoms with Gasteiger partial charge < -0.3 is 0 Å². The van der Waals surface area contributed by atoms with Gasteiger partial charge in [0.25, 0.3) is 0 Å². The predicted molar refractivity (Wildman–Crippen MR) is 72.2 cm³/mol. The van der Waals surface area contributed by atoms with Crippen molar-refractivity contribution in [3.63, 3.8) is 0 Å². The van der Waals surface area contributed by atoms with Crippen LogP contribution in [0.15, 0.2) is 54.6 Å². The normalized spacial score (nSPS) is 10.1. The predicted octanol–water partition coefficient (Wildman–Crippen LogP) is 4.04. The van der Waals surface area contributed by atoms with E-state index in [1.807, 2.05) is 36.6 Å². The molecule has 0 aromatic heterocycles. The molecule has 16 heavy (non-hydrogen) atoms. The summed E-state index contributed by atoms with van der Waals surface area (Å²) < 4.78 is 0. The molecule has 0 spiro atoms. The molecule has 2 aromatic rings. The van der Waals surface area contributed by atoms with Gasteiger partial charge in [-0.2, -0.15) is 0 Å². The molecule has 0 fully saturated rings. The molecule has 80 valence electrons. The van der Waals surface area contributed by atoms with Crippen LogP contribution >= 0.6 is 11.8 Å². The Kier molecular flexibility index (Phi) is 3.42. The Balaban J connectivity index is 2.40. The van der Waals surface area contributed by atoms with E-state index in [1.165, 1.54) is 17.3 Å². The molecule has 0 atom stereocenters. The summed E-state index contributed by atoms with van der Waals surface area (Å²) in [5.74, 6) is 0. The van der Waals surface area contributed by atoms with E-state index in [0.717, 1.165) is 11.1 Å². The average Bonchev–Trinajstić information content (AvgIpc) is 2.39. The van der Waals surface area contributed by atoms with Crippen LogP contribution < -0.4 is 0 Å². The van der Waals surface area contributed by atoms with Gasteiger partial charge in [-0.3, -0.25) is 5.41 Å². The first-order valence-corrected chi connectivity index (χ1v) is 6.32. The van der Waals surface area contributed by atoms with Gasteiger partial charge in [-0.15, -0.1) is 11.8 Å². The lowest BCUT2D eigenvalue weighted by Crippen LogP contribution is -1.92. The minimum absolute atomic E-state index is 0.609. The van der Waals surface area contributed by atoms with Gasteiger partial charge in [0.05, 0.1) is 5.04 Å². The quantitative estimate of drug-likeness (QED) is 0.607. The molecule has 2 aromatic carbocycles. The van der Waals surface area contributed by atoms with E-state index in [9.17, 15) is 0 Å². The van der Waals surface area contributed by atoms with E-state index < -0.39 is 0 Å². The van der Waals surface area contributed by atoms with Gasteiger partial charge in [0.1, 0.15) is 0 Å². The second-order valence-electron chi connectivity index (χ2n) is 3.48. The van der Waals surface area contributed by atoms with E-state index >= 15 is 0 Å². The molecule has 0 aliphatic rings. The molecule has 0 heterocycles. The molecular formula is C14H13NS.